The lowest BCUT2D eigenvalue weighted by molar-refractivity contribution is 1.61. The molecule has 0 spiro atoms. The zero-order valence-electron chi connectivity index (χ0n) is 36.6. The molecule has 310 valence electrons. The van der Waals surface area contributed by atoms with Gasteiger partial charge in [-0.1, -0.05) is 279 Å². The quantitative estimate of drug-likeness (QED) is 0.0730. The Morgan fingerprint density at radius 3 is 0.924 bits per heavy atom. The molecule has 0 radical (unpaired) electrons. The molecule has 2 heteroatoms. The van der Waals surface area contributed by atoms with Crippen LogP contribution in [0, 0.1) is 0 Å². The summed E-state index contributed by atoms with van der Waals surface area (Å²) in [7, 11) is -5.96. The molecule has 0 unspecified atom stereocenters. The molecule has 0 N–H and O–H groups in total. The van der Waals surface area contributed by atoms with Gasteiger partial charge in [0.15, 0.2) is 16.1 Å². The van der Waals surface area contributed by atoms with Crippen molar-refractivity contribution in [2.24, 2.45) is 0 Å². The van der Waals surface area contributed by atoms with E-state index in [1.807, 2.05) is 0 Å². The first-order valence-corrected chi connectivity index (χ1v) is 27.0. The largest absolute Gasteiger partial charge is 0.179 e. The highest BCUT2D eigenvalue weighted by molar-refractivity contribution is 7.22. The van der Waals surface area contributed by atoms with E-state index in [1.54, 1.807) is 0 Å². The first kappa shape index (κ1) is 39.7. The van der Waals surface area contributed by atoms with Crippen molar-refractivity contribution in [3.8, 4) is 22.3 Å². The topological polar surface area (TPSA) is 0 Å². The Hall–Kier alpha value is -7.89. The molecule has 12 aromatic rings. The first-order valence-electron chi connectivity index (χ1n) is 23.0. The number of hydrogen-bond donors (Lipinski definition) is 0. The molecule has 0 aliphatic rings. The third-order valence-electron chi connectivity index (χ3n) is 14.1. The van der Waals surface area contributed by atoms with Crippen LogP contribution >= 0.6 is 0 Å². The number of benzene rings is 12. The Labute approximate surface area is 389 Å². The highest BCUT2D eigenvalue weighted by atomic mass is 28.3. The molecule has 0 atom stereocenters. The van der Waals surface area contributed by atoms with Gasteiger partial charge in [-0.2, -0.15) is 0 Å². The van der Waals surface area contributed by atoms with Crippen molar-refractivity contribution < 1.29 is 0 Å². The third-order valence-corrected chi connectivity index (χ3v) is 23.6. The van der Waals surface area contributed by atoms with E-state index in [2.05, 4.69) is 279 Å². The average molecular weight is 871 g/mol. The van der Waals surface area contributed by atoms with E-state index in [-0.39, 0.29) is 0 Å². The van der Waals surface area contributed by atoms with Gasteiger partial charge in [-0.05, 0) is 96.1 Å². The third kappa shape index (κ3) is 6.41. The van der Waals surface area contributed by atoms with E-state index in [0.717, 1.165) is 0 Å². The van der Waals surface area contributed by atoms with Gasteiger partial charge < -0.3 is 0 Å². The summed E-state index contributed by atoms with van der Waals surface area (Å²) in [4.78, 5) is 0. The van der Waals surface area contributed by atoms with Crippen LogP contribution in [0.2, 0.25) is 0 Å². The van der Waals surface area contributed by atoms with E-state index in [4.69, 9.17) is 0 Å². The summed E-state index contributed by atoms with van der Waals surface area (Å²) in [6.45, 7) is 0. The van der Waals surface area contributed by atoms with Gasteiger partial charge in [-0.3, -0.25) is 0 Å². The summed E-state index contributed by atoms with van der Waals surface area (Å²) in [6.07, 6.45) is 0. The number of rotatable bonds is 10. The molecule has 12 rings (SSSR count). The minimum absolute atomic E-state index is 1.20. The standard InChI is InChI=1S/C64H46Si2/c1-7-22-53(23-8-1)65(54-24-9-2-10-25-54,55-26-11-3-12-27-55)59-44-52(45-60(46-59)66(56-28-13-4-14-29-56,57-30-15-5-16-31-57)58-32-17-6-18-33-58)47-34-36-48(37-35-47)61-42-40-51-39-38-49-20-19-21-50-41-43-62(61)64(51)63(49)50/h1-46H. The Morgan fingerprint density at radius 2 is 0.530 bits per heavy atom. The maximum absolute atomic E-state index is 2.98. The summed E-state index contributed by atoms with van der Waals surface area (Å²) < 4.78 is 0. The van der Waals surface area contributed by atoms with E-state index < -0.39 is 16.1 Å². The molecule has 0 aromatic heterocycles. The zero-order valence-corrected chi connectivity index (χ0v) is 38.6. The van der Waals surface area contributed by atoms with Crippen LogP contribution < -0.4 is 41.5 Å². The van der Waals surface area contributed by atoms with Crippen LogP contribution in [0.1, 0.15) is 0 Å². The van der Waals surface area contributed by atoms with E-state index >= 15 is 0 Å². The predicted octanol–water partition coefficient (Wildman–Crippen LogP) is 10.7. The lowest BCUT2D eigenvalue weighted by atomic mass is 9.89. The van der Waals surface area contributed by atoms with Gasteiger partial charge in [0.2, 0.25) is 0 Å². The molecular weight excluding hydrogens is 825 g/mol. The molecule has 0 saturated carbocycles. The van der Waals surface area contributed by atoms with Crippen LogP contribution in [0.4, 0.5) is 0 Å². The second-order valence-electron chi connectivity index (χ2n) is 17.5. The second kappa shape index (κ2) is 16.6. The smallest absolute Gasteiger partial charge is 0.0623 e. The van der Waals surface area contributed by atoms with E-state index in [1.165, 1.54) is 96.1 Å². The lowest BCUT2D eigenvalue weighted by Gasteiger charge is -2.38. The minimum atomic E-state index is -2.98. The Bertz CT molecular complexity index is 3240. The van der Waals surface area contributed by atoms with Crippen molar-refractivity contribution in [2.45, 2.75) is 0 Å². The molecule has 0 nitrogen and oxygen atoms in total. The van der Waals surface area contributed by atoms with Crippen LogP contribution in [0.3, 0.4) is 0 Å². The number of hydrogen-bond acceptors (Lipinski definition) is 0. The second-order valence-corrected chi connectivity index (χ2v) is 25.2. The SMILES string of the molecule is c1ccc([Si](c2ccccc2)(c2ccccc2)c2cc(-c3ccc(-c4ccc5ccc6cccc7ccc4c5c67)cc3)cc([Si](c3ccccc3)(c3ccccc3)c3ccccc3)c2)cc1. The van der Waals surface area contributed by atoms with Crippen LogP contribution in [-0.4, -0.2) is 16.1 Å². The van der Waals surface area contributed by atoms with Gasteiger partial charge in [0.05, 0.1) is 0 Å². The van der Waals surface area contributed by atoms with Crippen molar-refractivity contribution in [1.82, 2.24) is 0 Å². The first-order chi connectivity index (χ1) is 32.7. The summed E-state index contributed by atoms with van der Waals surface area (Å²) in [6, 6.07) is 106. The van der Waals surface area contributed by atoms with Crippen molar-refractivity contribution in [2.75, 3.05) is 0 Å². The van der Waals surface area contributed by atoms with Crippen molar-refractivity contribution in [1.29, 1.82) is 0 Å². The van der Waals surface area contributed by atoms with Crippen LogP contribution in [0.25, 0.3) is 54.6 Å². The van der Waals surface area contributed by atoms with E-state index in [0.29, 0.717) is 0 Å². The van der Waals surface area contributed by atoms with Crippen molar-refractivity contribution in [3.05, 3.63) is 279 Å². The van der Waals surface area contributed by atoms with Crippen LogP contribution in [0.15, 0.2) is 279 Å². The van der Waals surface area contributed by atoms with Crippen molar-refractivity contribution >= 4 is 90.0 Å². The van der Waals surface area contributed by atoms with Gasteiger partial charge in [0.25, 0.3) is 0 Å². The molecule has 66 heavy (non-hydrogen) atoms. The molecule has 0 amide bonds. The van der Waals surface area contributed by atoms with Gasteiger partial charge in [-0.15, -0.1) is 0 Å². The van der Waals surface area contributed by atoms with E-state index in [9.17, 15) is 0 Å². The predicted molar refractivity (Wildman–Crippen MR) is 288 cm³/mol. The lowest BCUT2D eigenvalue weighted by Crippen LogP contribution is -2.78. The molecule has 0 fully saturated rings. The summed E-state index contributed by atoms with van der Waals surface area (Å²) >= 11 is 0. The summed E-state index contributed by atoms with van der Waals surface area (Å²) in [5, 5.41) is 18.8. The fraction of sp³-hybridized carbons (Fsp3) is 0. The summed E-state index contributed by atoms with van der Waals surface area (Å²) in [5.41, 5.74) is 4.91. The average Bonchev–Trinajstić information content (AvgIpc) is 3.40. The molecule has 0 heterocycles. The Kier molecular flexibility index (Phi) is 9.98. The molecule has 0 aliphatic heterocycles. The molecule has 0 aliphatic carbocycles. The fourth-order valence-corrected chi connectivity index (χ4v) is 21.0. The van der Waals surface area contributed by atoms with Gasteiger partial charge in [0, 0.05) is 0 Å². The molecule has 0 bridgehead atoms. The maximum atomic E-state index is 2.64. The van der Waals surface area contributed by atoms with Crippen LogP contribution in [0.5, 0.6) is 0 Å². The Balaban J connectivity index is 1.16. The van der Waals surface area contributed by atoms with Crippen LogP contribution in [-0.2, 0) is 0 Å². The normalized spacial score (nSPS) is 11.9. The Morgan fingerprint density at radius 1 is 0.197 bits per heavy atom. The maximum Gasteiger partial charge on any atom is 0.179 e. The highest BCUT2D eigenvalue weighted by Gasteiger charge is 2.46. The summed E-state index contributed by atoms with van der Waals surface area (Å²) in [5.74, 6) is 0. The minimum Gasteiger partial charge on any atom is -0.0623 e. The molecule has 0 saturated heterocycles. The van der Waals surface area contributed by atoms with Gasteiger partial charge in [-0.25, -0.2) is 0 Å². The van der Waals surface area contributed by atoms with Gasteiger partial charge >= 0.3 is 0 Å². The monoisotopic (exact) mass is 870 g/mol. The molecular formula is C64H46Si2. The molecule has 12 aromatic carbocycles. The fourth-order valence-electron chi connectivity index (χ4n) is 11.2. The highest BCUT2D eigenvalue weighted by Crippen LogP contribution is 2.39. The zero-order chi connectivity index (χ0) is 43.9. The van der Waals surface area contributed by atoms with Crippen molar-refractivity contribution in [3.63, 3.8) is 0 Å². The van der Waals surface area contributed by atoms with Gasteiger partial charge in [0.1, 0.15) is 0 Å².